The number of aliphatic hydroxyl groups is 1. The molecule has 0 bridgehead atoms. The summed E-state index contributed by atoms with van der Waals surface area (Å²) in [6.45, 7) is 8.20. The fraction of sp³-hybridized carbons (Fsp3) is 0.308. The Kier molecular flexibility index (Phi) is 6.79. The number of pyridine rings is 1. The number of aromatic nitrogens is 5. The van der Waals surface area contributed by atoms with Crippen molar-refractivity contribution >= 4 is 28.4 Å². The predicted molar refractivity (Wildman–Crippen MR) is 141 cm³/mol. The predicted octanol–water partition coefficient (Wildman–Crippen LogP) is 2.19. The molecule has 0 saturated carbocycles. The molecule has 0 radical (unpaired) electrons. The van der Waals surface area contributed by atoms with E-state index in [0.29, 0.717) is 29.2 Å². The van der Waals surface area contributed by atoms with Crippen molar-refractivity contribution in [1.82, 2.24) is 29.2 Å². The van der Waals surface area contributed by atoms with Gasteiger partial charge >= 0.3 is 0 Å². The van der Waals surface area contributed by atoms with Gasteiger partial charge in [-0.1, -0.05) is 12.1 Å². The molecule has 0 amide bonds. The molecule has 0 unspecified atom stereocenters. The molecule has 36 heavy (non-hydrogen) atoms. The van der Waals surface area contributed by atoms with E-state index in [-0.39, 0.29) is 18.7 Å². The smallest absolute Gasteiger partial charge is 0.278 e. The molecule has 0 aliphatic carbocycles. The molecule has 1 aliphatic rings. The van der Waals surface area contributed by atoms with E-state index >= 15 is 0 Å². The van der Waals surface area contributed by atoms with Crippen LogP contribution in [-0.4, -0.2) is 74.2 Å². The lowest BCUT2D eigenvalue weighted by Crippen LogP contribution is -2.44. The van der Waals surface area contributed by atoms with Crippen LogP contribution < -0.4 is 15.8 Å². The molecule has 1 saturated heterocycles. The van der Waals surface area contributed by atoms with Gasteiger partial charge in [0.2, 0.25) is 5.95 Å². The summed E-state index contributed by atoms with van der Waals surface area (Å²) in [4.78, 5) is 31.5. The van der Waals surface area contributed by atoms with Crippen molar-refractivity contribution in [2.45, 2.75) is 13.0 Å². The summed E-state index contributed by atoms with van der Waals surface area (Å²) in [5, 5.41) is 13.0. The average Bonchev–Trinajstić information content (AvgIpc) is 3.16. The third kappa shape index (κ3) is 4.73. The van der Waals surface area contributed by atoms with E-state index in [1.54, 1.807) is 17.0 Å². The van der Waals surface area contributed by atoms with Crippen LogP contribution in [0.3, 0.4) is 0 Å². The number of nitrogens with zero attached hydrogens (tertiary/aromatic N) is 7. The van der Waals surface area contributed by atoms with Gasteiger partial charge in [-0.2, -0.15) is 4.98 Å². The van der Waals surface area contributed by atoms with Crippen molar-refractivity contribution in [3.63, 3.8) is 0 Å². The molecule has 4 aromatic rings. The number of anilines is 3. The van der Waals surface area contributed by atoms with E-state index in [0.717, 1.165) is 37.6 Å². The lowest BCUT2D eigenvalue weighted by Gasteiger charge is -2.34. The molecule has 2 N–H and O–H groups in total. The molecule has 1 aliphatic heterocycles. The van der Waals surface area contributed by atoms with Crippen molar-refractivity contribution in [3.8, 4) is 5.82 Å². The van der Waals surface area contributed by atoms with Gasteiger partial charge in [-0.05, 0) is 43.4 Å². The second kappa shape index (κ2) is 10.3. The Morgan fingerprint density at radius 3 is 2.58 bits per heavy atom. The number of fused-ring (bicyclic) bond motifs is 1. The number of benzene rings is 1. The van der Waals surface area contributed by atoms with Crippen LogP contribution in [0.2, 0.25) is 0 Å². The lowest BCUT2D eigenvalue weighted by molar-refractivity contribution is 0.298. The minimum Gasteiger partial charge on any atom is -0.396 e. The zero-order chi connectivity index (χ0) is 25.1. The lowest BCUT2D eigenvalue weighted by atomic mass is 10.2. The van der Waals surface area contributed by atoms with Gasteiger partial charge in [-0.3, -0.25) is 4.79 Å². The van der Waals surface area contributed by atoms with Gasteiger partial charge in [0.05, 0.1) is 6.54 Å². The summed E-state index contributed by atoms with van der Waals surface area (Å²) in [5.41, 5.74) is 3.00. The third-order valence-electron chi connectivity index (χ3n) is 6.35. The van der Waals surface area contributed by atoms with E-state index in [2.05, 4.69) is 55.8 Å². The standard InChI is InChI=1S/C26H30N8O2/c1-3-12-33-25(36)22-18-27-26(30-24(22)34(33)23-6-4-5-19(28-23)11-17-35)29-20-7-9-21(10-8-20)32-15-13-31(2)14-16-32/h3-10,18,35H,1,11-17H2,2H3,(H,27,29,30). The second-order valence-electron chi connectivity index (χ2n) is 8.84. The summed E-state index contributed by atoms with van der Waals surface area (Å²) >= 11 is 0. The summed E-state index contributed by atoms with van der Waals surface area (Å²) in [6.07, 6.45) is 3.62. The average molecular weight is 487 g/mol. The number of aliphatic hydroxyl groups excluding tert-OH is 1. The molecule has 10 heteroatoms. The van der Waals surface area contributed by atoms with Crippen molar-refractivity contribution in [1.29, 1.82) is 0 Å². The van der Waals surface area contributed by atoms with Crippen LogP contribution in [0.1, 0.15) is 5.69 Å². The van der Waals surface area contributed by atoms with Gasteiger partial charge in [0, 0.05) is 62.5 Å². The first-order chi connectivity index (χ1) is 17.6. The van der Waals surface area contributed by atoms with Crippen molar-refractivity contribution in [3.05, 3.63) is 77.4 Å². The minimum absolute atomic E-state index is 0.00776. The largest absolute Gasteiger partial charge is 0.396 e. The number of piperazine rings is 1. The van der Waals surface area contributed by atoms with Gasteiger partial charge in [0.1, 0.15) is 5.39 Å². The molecular weight excluding hydrogens is 456 g/mol. The first-order valence-corrected chi connectivity index (χ1v) is 12.0. The van der Waals surface area contributed by atoms with Crippen molar-refractivity contribution in [2.75, 3.05) is 50.1 Å². The number of nitrogens with one attached hydrogen (secondary N) is 1. The third-order valence-corrected chi connectivity index (χ3v) is 6.35. The second-order valence-corrected chi connectivity index (χ2v) is 8.84. The van der Waals surface area contributed by atoms with E-state index in [1.807, 2.05) is 30.3 Å². The summed E-state index contributed by atoms with van der Waals surface area (Å²) in [6, 6.07) is 13.7. The monoisotopic (exact) mass is 486 g/mol. The molecule has 4 heterocycles. The molecular formula is C26H30N8O2. The Labute approximate surface area is 209 Å². The molecule has 1 fully saturated rings. The van der Waals surface area contributed by atoms with Crippen LogP contribution in [0.25, 0.3) is 16.9 Å². The van der Waals surface area contributed by atoms with Crippen LogP contribution in [-0.2, 0) is 13.0 Å². The maximum atomic E-state index is 13.1. The van der Waals surface area contributed by atoms with Crippen molar-refractivity contribution < 1.29 is 5.11 Å². The highest BCUT2D eigenvalue weighted by atomic mass is 16.3. The molecule has 5 rings (SSSR count). The number of likely N-dealkylation sites (N-methyl/N-ethyl adjacent to an activating group) is 1. The zero-order valence-electron chi connectivity index (χ0n) is 20.3. The number of allylic oxidation sites excluding steroid dienone is 1. The summed E-state index contributed by atoms with van der Waals surface area (Å²) in [7, 11) is 2.15. The van der Waals surface area contributed by atoms with Crippen LogP contribution in [0.4, 0.5) is 17.3 Å². The number of rotatable bonds is 8. The maximum Gasteiger partial charge on any atom is 0.278 e. The van der Waals surface area contributed by atoms with Crippen LogP contribution in [0.5, 0.6) is 0 Å². The molecule has 0 atom stereocenters. The highest BCUT2D eigenvalue weighted by molar-refractivity contribution is 5.77. The van der Waals surface area contributed by atoms with Crippen LogP contribution >= 0.6 is 0 Å². The fourth-order valence-corrected chi connectivity index (χ4v) is 4.40. The SMILES string of the molecule is C=CCn1c(=O)c2cnc(Nc3ccc(N4CCN(C)CC4)cc3)nc2n1-c1cccc(CCO)n1. The van der Waals surface area contributed by atoms with Gasteiger partial charge in [0.25, 0.3) is 5.56 Å². The van der Waals surface area contributed by atoms with Gasteiger partial charge < -0.3 is 20.2 Å². The molecule has 3 aromatic heterocycles. The summed E-state index contributed by atoms with van der Waals surface area (Å²) < 4.78 is 3.22. The van der Waals surface area contributed by atoms with E-state index in [9.17, 15) is 9.90 Å². The van der Waals surface area contributed by atoms with Gasteiger partial charge in [0.15, 0.2) is 11.5 Å². The highest BCUT2D eigenvalue weighted by Crippen LogP contribution is 2.22. The van der Waals surface area contributed by atoms with Crippen LogP contribution in [0, 0.1) is 0 Å². The Hall–Kier alpha value is -4.02. The molecule has 1 aromatic carbocycles. The van der Waals surface area contributed by atoms with Gasteiger partial charge in [-0.15, -0.1) is 6.58 Å². The van der Waals surface area contributed by atoms with E-state index in [4.69, 9.17) is 0 Å². The Bertz CT molecular complexity index is 1420. The maximum absolute atomic E-state index is 13.1. The number of hydrogen-bond donors (Lipinski definition) is 2. The fourth-order valence-electron chi connectivity index (χ4n) is 4.40. The Morgan fingerprint density at radius 2 is 1.86 bits per heavy atom. The van der Waals surface area contributed by atoms with Crippen molar-refractivity contribution in [2.24, 2.45) is 0 Å². The number of hydrogen-bond acceptors (Lipinski definition) is 8. The Balaban J connectivity index is 1.47. The summed E-state index contributed by atoms with van der Waals surface area (Å²) in [5.74, 6) is 0.918. The first-order valence-electron chi connectivity index (χ1n) is 12.0. The topological polar surface area (TPSA) is 104 Å². The first kappa shape index (κ1) is 23.7. The van der Waals surface area contributed by atoms with E-state index in [1.165, 1.54) is 10.4 Å². The molecule has 186 valence electrons. The highest BCUT2D eigenvalue weighted by Gasteiger charge is 2.18. The normalized spacial score (nSPS) is 14.3. The Morgan fingerprint density at radius 1 is 1.08 bits per heavy atom. The van der Waals surface area contributed by atoms with Crippen LogP contribution in [0.15, 0.2) is 66.1 Å². The van der Waals surface area contributed by atoms with Gasteiger partial charge in [-0.25, -0.2) is 19.3 Å². The molecule has 0 spiro atoms. The van der Waals surface area contributed by atoms with E-state index < -0.39 is 0 Å². The quantitative estimate of drug-likeness (QED) is 0.365. The minimum atomic E-state index is -0.220. The molecule has 10 nitrogen and oxygen atoms in total. The zero-order valence-corrected chi connectivity index (χ0v) is 20.3.